The highest BCUT2D eigenvalue weighted by Gasteiger charge is 2.22. The zero-order valence-electron chi connectivity index (χ0n) is 18.1. The van der Waals surface area contributed by atoms with Gasteiger partial charge in [-0.3, -0.25) is 0 Å². The lowest BCUT2D eigenvalue weighted by Gasteiger charge is -2.18. The van der Waals surface area contributed by atoms with Gasteiger partial charge in [-0.15, -0.1) is 0 Å². The molecule has 166 valence electrons. The highest BCUT2D eigenvalue weighted by Crippen LogP contribution is 2.44. The second kappa shape index (κ2) is 8.94. The summed E-state index contributed by atoms with van der Waals surface area (Å²) in [5, 5.41) is 1.42. The van der Waals surface area contributed by atoms with Crippen molar-refractivity contribution in [1.29, 1.82) is 0 Å². The van der Waals surface area contributed by atoms with Crippen molar-refractivity contribution in [2.75, 3.05) is 45.8 Å². The number of benzene rings is 2. The number of fused-ring (bicyclic) bond motifs is 1. The van der Waals surface area contributed by atoms with Crippen molar-refractivity contribution in [3.8, 4) is 34.1 Å². The van der Waals surface area contributed by atoms with Crippen LogP contribution in [0.1, 0.15) is 0 Å². The van der Waals surface area contributed by atoms with Gasteiger partial charge in [0.05, 0.1) is 41.0 Å². The van der Waals surface area contributed by atoms with Crippen molar-refractivity contribution in [3.05, 3.63) is 47.7 Å². The molecule has 0 saturated heterocycles. The molecular formula is C23H25ClN6O2. The lowest BCUT2D eigenvalue weighted by molar-refractivity contribution is 0.261. The van der Waals surface area contributed by atoms with Crippen LogP contribution in [0.4, 0.5) is 11.4 Å². The van der Waals surface area contributed by atoms with E-state index in [1.807, 2.05) is 49.5 Å². The predicted octanol–water partition coefficient (Wildman–Crippen LogP) is 4.06. The van der Waals surface area contributed by atoms with Crippen LogP contribution in [0.3, 0.4) is 0 Å². The number of halogens is 1. The minimum absolute atomic E-state index is 0.331. The lowest BCUT2D eigenvalue weighted by Crippen LogP contribution is -2.20. The average Bonchev–Trinajstić information content (AvgIpc) is 3.20. The molecule has 4 aromatic rings. The van der Waals surface area contributed by atoms with Gasteiger partial charge in [-0.05, 0) is 20.2 Å². The Morgan fingerprint density at radius 3 is 2.62 bits per heavy atom. The van der Waals surface area contributed by atoms with Gasteiger partial charge in [0.15, 0.2) is 5.82 Å². The molecule has 0 fully saturated rings. The molecule has 8 nitrogen and oxygen atoms in total. The van der Waals surface area contributed by atoms with Crippen LogP contribution in [0, 0.1) is 0 Å². The van der Waals surface area contributed by atoms with Crippen LogP contribution in [0.15, 0.2) is 42.7 Å². The molecule has 2 aromatic carbocycles. The van der Waals surface area contributed by atoms with Crippen molar-refractivity contribution in [1.82, 2.24) is 19.9 Å². The third-order valence-corrected chi connectivity index (χ3v) is 5.44. The van der Waals surface area contributed by atoms with E-state index in [1.54, 1.807) is 12.3 Å². The first-order chi connectivity index (χ1) is 15.4. The molecule has 2 aromatic heterocycles. The Morgan fingerprint density at radius 2 is 1.88 bits per heavy atom. The summed E-state index contributed by atoms with van der Waals surface area (Å²) in [7, 11) is 5.47. The number of hydrogen-bond donors (Lipinski definition) is 3. The quantitative estimate of drug-likeness (QED) is 0.362. The Balaban J connectivity index is 1.84. The second-order valence-electron chi connectivity index (χ2n) is 7.57. The number of anilines is 2. The molecule has 9 heteroatoms. The van der Waals surface area contributed by atoms with Gasteiger partial charge in [-0.2, -0.15) is 0 Å². The molecule has 0 radical (unpaired) electrons. The number of aromatic nitrogens is 3. The van der Waals surface area contributed by atoms with Crippen molar-refractivity contribution < 1.29 is 9.47 Å². The van der Waals surface area contributed by atoms with E-state index in [0.717, 1.165) is 23.0 Å². The third kappa shape index (κ3) is 4.02. The summed E-state index contributed by atoms with van der Waals surface area (Å²) in [5.74, 6) is 1.22. The largest absolute Gasteiger partial charge is 0.494 e. The van der Waals surface area contributed by atoms with E-state index in [0.29, 0.717) is 51.6 Å². The van der Waals surface area contributed by atoms with E-state index in [4.69, 9.17) is 37.5 Å². The van der Waals surface area contributed by atoms with Gasteiger partial charge in [0.2, 0.25) is 0 Å². The van der Waals surface area contributed by atoms with Crippen LogP contribution in [0.5, 0.6) is 11.5 Å². The fourth-order valence-corrected chi connectivity index (χ4v) is 3.67. The summed E-state index contributed by atoms with van der Waals surface area (Å²) in [5.41, 5.74) is 16.4. The molecule has 2 heterocycles. The van der Waals surface area contributed by atoms with Gasteiger partial charge in [-0.25, -0.2) is 9.97 Å². The number of nitrogen functional groups attached to an aromatic ring is 2. The molecule has 0 amide bonds. The summed E-state index contributed by atoms with van der Waals surface area (Å²) in [6.07, 6.45) is 3.42. The third-order valence-electron chi connectivity index (χ3n) is 5.16. The maximum atomic E-state index is 6.49. The summed E-state index contributed by atoms with van der Waals surface area (Å²) in [6, 6.07) is 9.60. The fraction of sp³-hybridized carbons (Fsp3) is 0.217. The van der Waals surface area contributed by atoms with E-state index < -0.39 is 0 Å². The molecule has 0 saturated carbocycles. The smallest absolute Gasteiger partial charge is 0.164 e. The standard InChI is InChI=1S/C23H25ClN6O2/c1-30(2)8-9-32-18-10-17(31-3)20(25)19(21(18)26)23-28-12-15(24)22(29-23)14-11-27-16-7-5-4-6-13(14)16/h4-7,10-12,27H,8-9,25-26H2,1-3H3. The van der Waals surface area contributed by atoms with Crippen LogP contribution in [-0.2, 0) is 0 Å². The average molecular weight is 453 g/mol. The van der Waals surface area contributed by atoms with Gasteiger partial charge in [0, 0.05) is 35.3 Å². The Kier molecular flexibility index (Phi) is 6.07. The molecule has 0 aliphatic rings. The number of rotatable bonds is 7. The summed E-state index contributed by atoms with van der Waals surface area (Å²) >= 11 is 6.49. The zero-order chi connectivity index (χ0) is 22.8. The SMILES string of the molecule is COc1cc(OCCN(C)C)c(N)c(-c2ncc(Cl)c(-c3c[nH]c4ccccc34)n2)c1N. The van der Waals surface area contributed by atoms with Gasteiger partial charge in [-0.1, -0.05) is 29.8 Å². The van der Waals surface area contributed by atoms with Crippen LogP contribution >= 0.6 is 11.6 Å². The molecule has 0 atom stereocenters. The number of nitrogens with zero attached hydrogens (tertiary/aromatic N) is 3. The van der Waals surface area contributed by atoms with Gasteiger partial charge in [0.25, 0.3) is 0 Å². The fourth-order valence-electron chi connectivity index (χ4n) is 3.48. The number of methoxy groups -OCH3 is 1. The molecule has 0 aliphatic carbocycles. The summed E-state index contributed by atoms with van der Waals surface area (Å²) in [6.45, 7) is 1.18. The van der Waals surface area contributed by atoms with E-state index in [-0.39, 0.29) is 0 Å². The Hall–Kier alpha value is -3.49. The number of nitrogens with two attached hydrogens (primary N) is 2. The van der Waals surface area contributed by atoms with Crippen molar-refractivity contribution in [2.45, 2.75) is 0 Å². The number of hydrogen-bond acceptors (Lipinski definition) is 7. The van der Waals surface area contributed by atoms with E-state index in [9.17, 15) is 0 Å². The van der Waals surface area contributed by atoms with Gasteiger partial charge in [0.1, 0.15) is 18.1 Å². The maximum Gasteiger partial charge on any atom is 0.164 e. The monoisotopic (exact) mass is 452 g/mol. The minimum atomic E-state index is 0.331. The maximum absolute atomic E-state index is 6.49. The van der Waals surface area contributed by atoms with E-state index >= 15 is 0 Å². The molecule has 5 N–H and O–H groups in total. The molecule has 0 spiro atoms. The van der Waals surface area contributed by atoms with Gasteiger partial charge < -0.3 is 30.8 Å². The minimum Gasteiger partial charge on any atom is -0.494 e. The van der Waals surface area contributed by atoms with Crippen LogP contribution < -0.4 is 20.9 Å². The first-order valence-corrected chi connectivity index (χ1v) is 10.4. The highest BCUT2D eigenvalue weighted by atomic mass is 35.5. The topological polar surface area (TPSA) is 115 Å². The van der Waals surface area contributed by atoms with Crippen LogP contribution in [-0.4, -0.2) is 54.2 Å². The molecule has 32 heavy (non-hydrogen) atoms. The number of para-hydroxylation sites is 1. The normalized spacial score (nSPS) is 11.3. The number of H-pyrrole nitrogens is 1. The Morgan fingerprint density at radius 1 is 1.12 bits per heavy atom. The Bertz CT molecular complexity index is 1270. The number of likely N-dealkylation sites (N-methyl/N-ethyl adjacent to an activating group) is 1. The van der Waals surface area contributed by atoms with Crippen molar-refractivity contribution in [3.63, 3.8) is 0 Å². The lowest BCUT2D eigenvalue weighted by atomic mass is 10.1. The number of aromatic amines is 1. The first kappa shape index (κ1) is 21.7. The van der Waals surface area contributed by atoms with Crippen molar-refractivity contribution in [2.24, 2.45) is 0 Å². The summed E-state index contributed by atoms with van der Waals surface area (Å²) in [4.78, 5) is 14.4. The molecule has 0 aliphatic heterocycles. The number of nitrogens with one attached hydrogen (secondary N) is 1. The predicted molar refractivity (Wildman–Crippen MR) is 129 cm³/mol. The van der Waals surface area contributed by atoms with Gasteiger partial charge >= 0.3 is 0 Å². The van der Waals surface area contributed by atoms with E-state index in [2.05, 4.69) is 9.97 Å². The van der Waals surface area contributed by atoms with Crippen molar-refractivity contribution >= 4 is 33.9 Å². The van der Waals surface area contributed by atoms with Crippen LogP contribution in [0.25, 0.3) is 33.5 Å². The molecular weight excluding hydrogens is 428 g/mol. The first-order valence-electron chi connectivity index (χ1n) is 10.0. The molecule has 0 unspecified atom stereocenters. The van der Waals surface area contributed by atoms with Crippen LogP contribution in [0.2, 0.25) is 5.02 Å². The zero-order valence-corrected chi connectivity index (χ0v) is 18.9. The molecule has 0 bridgehead atoms. The molecule has 4 rings (SSSR count). The second-order valence-corrected chi connectivity index (χ2v) is 7.98. The Labute approximate surface area is 191 Å². The summed E-state index contributed by atoms with van der Waals surface area (Å²) < 4.78 is 11.4. The van der Waals surface area contributed by atoms with E-state index in [1.165, 1.54) is 7.11 Å². The highest BCUT2D eigenvalue weighted by molar-refractivity contribution is 6.33. The number of ether oxygens (including phenoxy) is 2.